The molecular weight excluding hydrogens is 280 g/mol. The van der Waals surface area contributed by atoms with Crippen molar-refractivity contribution in [2.24, 2.45) is 0 Å². The summed E-state index contributed by atoms with van der Waals surface area (Å²) in [5.74, 6) is -0.250. The van der Waals surface area contributed by atoms with Crippen LogP contribution < -0.4 is 10.9 Å². The molecule has 0 atom stereocenters. The van der Waals surface area contributed by atoms with E-state index in [1.165, 1.54) is 4.57 Å². The van der Waals surface area contributed by atoms with Crippen LogP contribution in [0.15, 0.2) is 47.4 Å². The third-order valence-corrected chi connectivity index (χ3v) is 3.57. The monoisotopic (exact) mass is 302 g/mol. The van der Waals surface area contributed by atoms with E-state index in [0.717, 1.165) is 5.56 Å². The van der Waals surface area contributed by atoms with Gasteiger partial charge in [-0.3, -0.25) is 4.79 Å². The second kappa shape index (κ2) is 6.77. The third kappa shape index (κ3) is 3.96. The minimum Gasteiger partial charge on any atom is -0.503 e. The number of nitrogens with one attached hydrogen (secondary N) is 1. The minimum atomic E-state index is -0.467. The molecule has 3 N–H and O–H groups in total. The van der Waals surface area contributed by atoms with Crippen molar-refractivity contribution in [3.05, 3.63) is 64.1 Å². The molecule has 1 heterocycles. The van der Waals surface area contributed by atoms with E-state index in [9.17, 15) is 15.0 Å². The largest absolute Gasteiger partial charge is 0.503 e. The van der Waals surface area contributed by atoms with Gasteiger partial charge < -0.3 is 20.1 Å². The summed E-state index contributed by atoms with van der Waals surface area (Å²) in [6.07, 6.45) is 1.68. The van der Waals surface area contributed by atoms with Crippen molar-refractivity contribution in [2.45, 2.75) is 32.5 Å². The molecule has 5 heteroatoms. The number of hydrogen-bond donors (Lipinski definition) is 3. The summed E-state index contributed by atoms with van der Waals surface area (Å²) in [5.41, 5.74) is 0.641. The van der Waals surface area contributed by atoms with Crippen molar-refractivity contribution < 1.29 is 10.2 Å². The summed E-state index contributed by atoms with van der Waals surface area (Å²) >= 11 is 0. The number of hydrogen-bond acceptors (Lipinski definition) is 4. The average molecular weight is 302 g/mol. The molecule has 0 bridgehead atoms. The molecule has 2 aromatic rings. The van der Waals surface area contributed by atoms with Crippen LogP contribution in [0.4, 0.5) is 0 Å². The first kappa shape index (κ1) is 16.3. The second-order valence-corrected chi connectivity index (χ2v) is 6.00. The second-order valence-electron chi connectivity index (χ2n) is 6.00. The molecule has 0 fully saturated rings. The Labute approximate surface area is 129 Å². The Morgan fingerprint density at radius 3 is 2.50 bits per heavy atom. The zero-order chi connectivity index (χ0) is 16.2. The number of rotatable bonds is 6. The molecule has 0 amide bonds. The van der Waals surface area contributed by atoms with E-state index in [1.807, 2.05) is 44.2 Å². The molecule has 1 aromatic heterocycles. The fourth-order valence-corrected chi connectivity index (χ4v) is 2.04. The van der Waals surface area contributed by atoms with Crippen molar-refractivity contribution in [2.75, 3.05) is 6.61 Å². The lowest BCUT2D eigenvalue weighted by Gasteiger charge is -2.23. The highest BCUT2D eigenvalue weighted by atomic mass is 16.3. The van der Waals surface area contributed by atoms with E-state index in [0.29, 0.717) is 18.7 Å². The number of aliphatic hydroxyl groups excluding tert-OH is 1. The lowest BCUT2D eigenvalue weighted by Crippen LogP contribution is -2.42. The van der Waals surface area contributed by atoms with Crippen LogP contribution in [-0.4, -0.2) is 26.9 Å². The van der Waals surface area contributed by atoms with E-state index in [1.54, 1.807) is 12.3 Å². The number of benzene rings is 1. The molecule has 0 unspecified atom stereocenters. The maximum Gasteiger partial charge on any atom is 0.293 e. The summed E-state index contributed by atoms with van der Waals surface area (Å²) in [6.45, 7) is 4.41. The first-order chi connectivity index (χ1) is 10.4. The van der Waals surface area contributed by atoms with Gasteiger partial charge in [-0.25, -0.2) is 0 Å². The van der Waals surface area contributed by atoms with Gasteiger partial charge in [-0.2, -0.15) is 0 Å². The first-order valence-electron chi connectivity index (χ1n) is 7.24. The van der Waals surface area contributed by atoms with Gasteiger partial charge in [0.25, 0.3) is 5.56 Å². The van der Waals surface area contributed by atoms with Gasteiger partial charge in [-0.1, -0.05) is 30.3 Å². The molecule has 2 rings (SSSR count). The Morgan fingerprint density at radius 2 is 1.86 bits per heavy atom. The summed E-state index contributed by atoms with van der Waals surface area (Å²) in [5, 5.41) is 22.4. The molecule has 0 saturated heterocycles. The molecule has 5 nitrogen and oxygen atoms in total. The minimum absolute atomic E-state index is 0.0289. The van der Waals surface area contributed by atoms with Crippen LogP contribution in [0.5, 0.6) is 5.75 Å². The fraction of sp³-hybridized carbons (Fsp3) is 0.353. The molecular formula is C17H22N2O3. The lowest BCUT2D eigenvalue weighted by molar-refractivity contribution is 0.187. The number of aliphatic hydroxyl groups is 1. The quantitative estimate of drug-likeness (QED) is 0.755. The van der Waals surface area contributed by atoms with Crippen molar-refractivity contribution >= 4 is 0 Å². The molecule has 22 heavy (non-hydrogen) atoms. The fourth-order valence-electron chi connectivity index (χ4n) is 2.04. The zero-order valence-electron chi connectivity index (χ0n) is 12.9. The summed E-state index contributed by atoms with van der Waals surface area (Å²) in [6, 6.07) is 11.3. The zero-order valence-corrected chi connectivity index (χ0v) is 12.9. The van der Waals surface area contributed by atoms with Gasteiger partial charge in [-0.05, 0) is 25.5 Å². The van der Waals surface area contributed by atoms with Gasteiger partial charge in [0.1, 0.15) is 0 Å². The third-order valence-electron chi connectivity index (χ3n) is 3.57. The standard InChI is InChI=1S/C17H22N2O3/c1-17(2,12-20)18-10-14-8-9-19(16(22)15(14)21)11-13-6-4-3-5-7-13/h3-9,18,20-21H,10-12H2,1-2H3. The van der Waals surface area contributed by atoms with Crippen molar-refractivity contribution in [3.63, 3.8) is 0 Å². The van der Waals surface area contributed by atoms with Crippen LogP contribution in [0.3, 0.4) is 0 Å². The van der Waals surface area contributed by atoms with Gasteiger partial charge in [0.05, 0.1) is 13.2 Å². The Kier molecular flexibility index (Phi) is 5.00. The number of aromatic hydroxyl groups is 1. The number of aromatic nitrogens is 1. The average Bonchev–Trinajstić information content (AvgIpc) is 2.52. The Morgan fingerprint density at radius 1 is 1.18 bits per heavy atom. The van der Waals surface area contributed by atoms with Crippen LogP contribution in [0, 0.1) is 0 Å². The Balaban J connectivity index is 2.17. The topological polar surface area (TPSA) is 74.5 Å². The van der Waals surface area contributed by atoms with Crippen LogP contribution in [0.25, 0.3) is 0 Å². The molecule has 0 saturated carbocycles. The summed E-state index contributed by atoms with van der Waals surface area (Å²) in [4.78, 5) is 12.2. The van der Waals surface area contributed by atoms with E-state index in [4.69, 9.17) is 0 Å². The molecule has 0 aliphatic carbocycles. The molecule has 1 aromatic carbocycles. The highest BCUT2D eigenvalue weighted by molar-refractivity contribution is 5.29. The Bertz CT molecular complexity index is 678. The van der Waals surface area contributed by atoms with Crippen molar-refractivity contribution in [3.8, 4) is 5.75 Å². The first-order valence-corrected chi connectivity index (χ1v) is 7.24. The van der Waals surface area contributed by atoms with Crippen LogP contribution in [0.2, 0.25) is 0 Å². The van der Waals surface area contributed by atoms with Crippen LogP contribution in [0.1, 0.15) is 25.0 Å². The SMILES string of the molecule is CC(C)(CO)NCc1ccn(Cc2ccccc2)c(=O)c1O. The van der Waals surface area contributed by atoms with Gasteiger partial charge in [0.2, 0.25) is 0 Å². The maximum absolute atomic E-state index is 12.2. The molecule has 0 radical (unpaired) electrons. The highest BCUT2D eigenvalue weighted by Gasteiger charge is 2.17. The normalized spacial score (nSPS) is 11.6. The highest BCUT2D eigenvalue weighted by Crippen LogP contribution is 2.13. The molecule has 0 spiro atoms. The lowest BCUT2D eigenvalue weighted by atomic mass is 10.1. The summed E-state index contributed by atoms with van der Waals surface area (Å²) in [7, 11) is 0. The molecule has 118 valence electrons. The van der Waals surface area contributed by atoms with Gasteiger partial charge >= 0.3 is 0 Å². The maximum atomic E-state index is 12.2. The van der Waals surface area contributed by atoms with Gasteiger partial charge in [0, 0.05) is 23.8 Å². The van der Waals surface area contributed by atoms with E-state index in [-0.39, 0.29) is 12.4 Å². The van der Waals surface area contributed by atoms with Crippen molar-refractivity contribution in [1.29, 1.82) is 0 Å². The smallest absolute Gasteiger partial charge is 0.293 e. The van der Waals surface area contributed by atoms with Gasteiger partial charge in [0.15, 0.2) is 5.75 Å². The van der Waals surface area contributed by atoms with Crippen LogP contribution >= 0.6 is 0 Å². The molecule has 0 aliphatic heterocycles. The predicted octanol–water partition coefficient (Wildman–Crippen LogP) is 1.46. The van der Waals surface area contributed by atoms with E-state index >= 15 is 0 Å². The summed E-state index contributed by atoms with van der Waals surface area (Å²) < 4.78 is 1.48. The number of pyridine rings is 1. The van der Waals surface area contributed by atoms with E-state index in [2.05, 4.69) is 5.32 Å². The molecule has 0 aliphatic rings. The van der Waals surface area contributed by atoms with Crippen LogP contribution in [-0.2, 0) is 13.1 Å². The van der Waals surface area contributed by atoms with Crippen molar-refractivity contribution in [1.82, 2.24) is 9.88 Å². The van der Waals surface area contributed by atoms with Gasteiger partial charge in [-0.15, -0.1) is 0 Å². The number of nitrogens with zero attached hydrogens (tertiary/aromatic N) is 1. The Hall–Kier alpha value is -2.11. The van der Waals surface area contributed by atoms with E-state index < -0.39 is 11.1 Å². The predicted molar refractivity (Wildman–Crippen MR) is 85.9 cm³/mol.